The van der Waals surface area contributed by atoms with Gasteiger partial charge in [0.15, 0.2) is 0 Å². The van der Waals surface area contributed by atoms with Crippen molar-refractivity contribution in [3.63, 3.8) is 0 Å². The molecule has 0 saturated carbocycles. The van der Waals surface area contributed by atoms with Crippen LogP contribution in [0.4, 0.5) is 8.78 Å². The van der Waals surface area contributed by atoms with Crippen molar-refractivity contribution in [1.82, 2.24) is 4.90 Å². The molecule has 2 rings (SSSR count). The fraction of sp³-hybridized carbons (Fsp3) is 0.429. The second kappa shape index (κ2) is 6.43. The van der Waals surface area contributed by atoms with Gasteiger partial charge in [0.1, 0.15) is 5.82 Å². The van der Waals surface area contributed by atoms with Crippen molar-refractivity contribution in [2.45, 2.75) is 23.4 Å². The van der Waals surface area contributed by atoms with E-state index in [1.165, 1.54) is 28.8 Å². The maximum absolute atomic E-state index is 13.8. The molecule has 1 unspecified atom stereocenters. The maximum Gasteiger partial charge on any atom is 0.343 e. The van der Waals surface area contributed by atoms with Crippen LogP contribution >= 0.6 is 11.8 Å². The fourth-order valence-electron chi connectivity index (χ4n) is 2.11. The third-order valence-electron chi connectivity index (χ3n) is 3.35. The van der Waals surface area contributed by atoms with Crippen LogP contribution in [0.2, 0.25) is 0 Å². The first kappa shape index (κ1) is 15.8. The molecule has 1 aliphatic heterocycles. The first-order chi connectivity index (χ1) is 9.90. The maximum atomic E-state index is 13.8. The summed E-state index contributed by atoms with van der Waals surface area (Å²) in [7, 11) is 0. The summed E-state index contributed by atoms with van der Waals surface area (Å²) in [6.07, 6.45) is 0.0247. The predicted octanol–water partition coefficient (Wildman–Crippen LogP) is 2.33. The summed E-state index contributed by atoms with van der Waals surface area (Å²) >= 11 is 1.40. The van der Waals surface area contributed by atoms with Gasteiger partial charge in [-0.1, -0.05) is 0 Å². The highest BCUT2D eigenvalue weighted by molar-refractivity contribution is 7.99. The van der Waals surface area contributed by atoms with Crippen molar-refractivity contribution in [3.05, 3.63) is 30.1 Å². The van der Waals surface area contributed by atoms with Crippen molar-refractivity contribution in [2.75, 3.05) is 18.8 Å². The summed E-state index contributed by atoms with van der Waals surface area (Å²) in [5.74, 6) is -1.61. The number of benzene rings is 1. The minimum absolute atomic E-state index is 0.128. The van der Waals surface area contributed by atoms with Crippen molar-refractivity contribution < 1.29 is 23.5 Å². The van der Waals surface area contributed by atoms with E-state index in [0.29, 0.717) is 5.75 Å². The van der Waals surface area contributed by atoms with Gasteiger partial charge in [-0.25, -0.2) is 13.6 Å². The second-order valence-corrected chi connectivity index (χ2v) is 6.06. The van der Waals surface area contributed by atoms with Gasteiger partial charge < -0.3 is 10.0 Å². The van der Waals surface area contributed by atoms with Gasteiger partial charge in [-0.15, -0.1) is 11.8 Å². The van der Waals surface area contributed by atoms with E-state index < -0.39 is 11.6 Å². The third kappa shape index (κ3) is 3.93. The zero-order valence-electron chi connectivity index (χ0n) is 11.2. The molecule has 0 spiro atoms. The normalized spacial score (nSPS) is 21.5. The highest BCUT2D eigenvalue weighted by atomic mass is 32.2. The van der Waals surface area contributed by atoms with Crippen LogP contribution in [0.5, 0.6) is 0 Å². The summed E-state index contributed by atoms with van der Waals surface area (Å²) in [6.45, 7) is -0.259. The Bertz CT molecular complexity index is 538. The van der Waals surface area contributed by atoms with Crippen molar-refractivity contribution in [2.24, 2.45) is 0 Å². The zero-order chi connectivity index (χ0) is 15.5. The number of halogens is 2. The van der Waals surface area contributed by atoms with Gasteiger partial charge in [0.2, 0.25) is 11.6 Å². The lowest BCUT2D eigenvalue weighted by Crippen LogP contribution is -2.39. The zero-order valence-corrected chi connectivity index (χ0v) is 12.0. The molecule has 1 aromatic rings. The Labute approximate surface area is 125 Å². The Morgan fingerprint density at radius 3 is 2.57 bits per heavy atom. The van der Waals surface area contributed by atoms with Crippen LogP contribution in [-0.4, -0.2) is 46.4 Å². The molecule has 1 atom stereocenters. The summed E-state index contributed by atoms with van der Waals surface area (Å²) in [6, 6.07) is 5.93. The van der Waals surface area contributed by atoms with Crippen molar-refractivity contribution in [3.8, 4) is 0 Å². The third-order valence-corrected chi connectivity index (χ3v) is 4.37. The predicted molar refractivity (Wildman–Crippen MR) is 74.4 cm³/mol. The molecule has 1 saturated heterocycles. The van der Waals surface area contributed by atoms with E-state index in [4.69, 9.17) is 5.11 Å². The Morgan fingerprint density at radius 2 is 2.00 bits per heavy atom. The van der Waals surface area contributed by atoms with Gasteiger partial charge in [0.25, 0.3) is 0 Å². The van der Waals surface area contributed by atoms with Gasteiger partial charge in [0, 0.05) is 30.0 Å². The number of hydrogen-bond donors (Lipinski definition) is 1. The van der Waals surface area contributed by atoms with Crippen LogP contribution in [0, 0.1) is 5.82 Å². The van der Waals surface area contributed by atoms with Gasteiger partial charge in [0.05, 0.1) is 6.54 Å². The number of carbonyl (C=O) groups is 2. The molecular weight excluding hydrogens is 300 g/mol. The largest absolute Gasteiger partial charge is 0.479 e. The molecule has 0 aromatic heterocycles. The Hall–Kier alpha value is -1.63. The summed E-state index contributed by atoms with van der Waals surface area (Å²) < 4.78 is 26.6. The summed E-state index contributed by atoms with van der Waals surface area (Å²) in [5, 5.41) is 8.77. The van der Waals surface area contributed by atoms with E-state index in [9.17, 15) is 18.4 Å². The lowest BCUT2D eigenvalue weighted by molar-refractivity contribution is -0.150. The highest BCUT2D eigenvalue weighted by Crippen LogP contribution is 2.27. The molecule has 114 valence electrons. The number of carbonyl (C=O) groups excluding carboxylic acids is 1. The molecule has 1 N–H and O–H groups in total. The van der Waals surface area contributed by atoms with Crippen LogP contribution in [0.1, 0.15) is 12.8 Å². The van der Waals surface area contributed by atoms with E-state index >= 15 is 0 Å². The van der Waals surface area contributed by atoms with Crippen molar-refractivity contribution in [1.29, 1.82) is 0 Å². The number of amides is 1. The number of aliphatic carboxylic acids is 1. The van der Waals surface area contributed by atoms with Gasteiger partial charge >= 0.3 is 5.97 Å². The summed E-state index contributed by atoms with van der Waals surface area (Å²) in [5.41, 5.74) is -2.32. The number of thioether (sulfide) groups is 1. The first-order valence-corrected chi connectivity index (χ1v) is 7.48. The molecule has 1 amide bonds. The molecule has 7 heteroatoms. The Balaban J connectivity index is 1.78. The van der Waals surface area contributed by atoms with Crippen molar-refractivity contribution >= 4 is 23.6 Å². The number of alkyl halides is 1. The molecule has 1 aliphatic rings. The van der Waals surface area contributed by atoms with Crippen LogP contribution in [0.3, 0.4) is 0 Å². The number of hydrogen-bond acceptors (Lipinski definition) is 3. The molecule has 21 heavy (non-hydrogen) atoms. The molecule has 0 bridgehead atoms. The standard InChI is InChI=1S/C14H15F2NO3S/c15-10-1-3-11(4-2-10)21-8-5-12(18)17-7-6-14(16,9-17)13(19)20/h1-4H,5-9H2,(H,19,20). The number of likely N-dealkylation sites (tertiary alicyclic amines) is 1. The highest BCUT2D eigenvalue weighted by Gasteiger charge is 2.46. The molecule has 1 fully saturated rings. The molecule has 1 aromatic carbocycles. The Kier molecular flexibility index (Phi) is 4.82. The number of nitrogens with zero attached hydrogens (tertiary/aromatic N) is 1. The van der Waals surface area contributed by atoms with Crippen LogP contribution in [0.25, 0.3) is 0 Å². The lowest BCUT2D eigenvalue weighted by atomic mass is 10.1. The lowest BCUT2D eigenvalue weighted by Gasteiger charge is -2.17. The van der Waals surface area contributed by atoms with E-state index in [1.807, 2.05) is 0 Å². The molecule has 0 aliphatic carbocycles. The average molecular weight is 315 g/mol. The molecule has 0 radical (unpaired) electrons. The monoisotopic (exact) mass is 315 g/mol. The van der Waals surface area contributed by atoms with Gasteiger partial charge in [-0.2, -0.15) is 0 Å². The Morgan fingerprint density at radius 1 is 1.33 bits per heavy atom. The van der Waals surface area contributed by atoms with Crippen LogP contribution in [0.15, 0.2) is 29.2 Å². The topological polar surface area (TPSA) is 57.6 Å². The second-order valence-electron chi connectivity index (χ2n) is 4.89. The number of rotatable bonds is 5. The summed E-state index contributed by atoms with van der Waals surface area (Å²) in [4.78, 5) is 24.8. The smallest absolute Gasteiger partial charge is 0.343 e. The van der Waals surface area contributed by atoms with Gasteiger partial charge in [-0.3, -0.25) is 4.79 Å². The molecule has 1 heterocycles. The molecular formula is C14H15F2NO3S. The van der Waals surface area contributed by atoms with E-state index in [2.05, 4.69) is 0 Å². The quantitative estimate of drug-likeness (QED) is 0.847. The van der Waals surface area contributed by atoms with Gasteiger partial charge in [-0.05, 0) is 24.3 Å². The first-order valence-electron chi connectivity index (χ1n) is 6.49. The van der Waals surface area contributed by atoms with Crippen LogP contribution < -0.4 is 0 Å². The van der Waals surface area contributed by atoms with E-state index in [-0.39, 0.29) is 37.7 Å². The number of carboxylic acids is 1. The fourth-order valence-corrected chi connectivity index (χ4v) is 2.95. The van der Waals surface area contributed by atoms with E-state index in [0.717, 1.165) is 4.90 Å². The minimum Gasteiger partial charge on any atom is -0.479 e. The molecule has 4 nitrogen and oxygen atoms in total. The van der Waals surface area contributed by atoms with E-state index in [1.54, 1.807) is 12.1 Å². The minimum atomic E-state index is -2.32. The SMILES string of the molecule is O=C(CCSc1ccc(F)cc1)N1CCC(F)(C(=O)O)C1. The van der Waals surface area contributed by atoms with Crippen LogP contribution in [-0.2, 0) is 9.59 Å². The number of carboxylic acid groups (broad SMARTS) is 1. The average Bonchev–Trinajstić information content (AvgIpc) is 2.85.